The van der Waals surface area contributed by atoms with Crippen LogP contribution >= 0.6 is 0 Å². The lowest BCUT2D eigenvalue weighted by Crippen LogP contribution is -2.28. The molecule has 5 nitrogen and oxygen atoms in total. The van der Waals surface area contributed by atoms with Crippen molar-refractivity contribution in [2.75, 3.05) is 0 Å². The highest BCUT2D eigenvalue weighted by Crippen LogP contribution is 2.41. The first-order chi connectivity index (χ1) is 16.2. The van der Waals surface area contributed by atoms with E-state index in [1.54, 1.807) is 48.5 Å². The van der Waals surface area contributed by atoms with Gasteiger partial charge in [-0.15, -0.1) is 0 Å². The third kappa shape index (κ3) is 3.84. The number of fused-ring (bicyclic) bond motifs is 2. The number of rotatable bonds is 4. The molecule has 0 atom stereocenters. The van der Waals surface area contributed by atoms with Gasteiger partial charge >= 0.3 is 15.6 Å². The van der Waals surface area contributed by atoms with Gasteiger partial charge in [-0.3, -0.25) is 0 Å². The van der Waals surface area contributed by atoms with Gasteiger partial charge in [-0.1, -0.05) is 78.9 Å². The van der Waals surface area contributed by atoms with Gasteiger partial charge in [0.25, 0.3) is 0 Å². The van der Waals surface area contributed by atoms with Crippen LogP contribution in [0.5, 0.6) is 5.75 Å². The van der Waals surface area contributed by atoms with Gasteiger partial charge in [0.1, 0.15) is 0 Å². The summed E-state index contributed by atoms with van der Waals surface area (Å²) in [6, 6.07) is 25.7. The van der Waals surface area contributed by atoms with E-state index in [0.29, 0.717) is 33.1 Å². The number of aromatic nitrogens is 2. The Bertz CT molecular complexity index is 1640. The van der Waals surface area contributed by atoms with Crippen LogP contribution in [0.4, 0.5) is 13.2 Å². The molecule has 170 valence electrons. The first-order valence-corrected chi connectivity index (χ1v) is 11.5. The minimum atomic E-state index is -5.91. The van der Waals surface area contributed by atoms with Gasteiger partial charge in [-0.05, 0) is 22.9 Å². The maximum Gasteiger partial charge on any atom is 0.534 e. The van der Waals surface area contributed by atoms with E-state index in [4.69, 9.17) is 0 Å². The lowest BCUT2D eigenvalue weighted by Gasteiger charge is -2.17. The molecule has 0 saturated carbocycles. The molecular weight excluding hydrogens is 465 g/mol. The van der Waals surface area contributed by atoms with Crippen molar-refractivity contribution in [3.8, 4) is 28.4 Å². The summed E-state index contributed by atoms with van der Waals surface area (Å²) in [6.07, 6.45) is 0. The molecule has 5 rings (SSSR count). The molecule has 5 aromatic rings. The zero-order valence-electron chi connectivity index (χ0n) is 17.3. The van der Waals surface area contributed by atoms with E-state index in [2.05, 4.69) is 14.2 Å². The molecule has 0 amide bonds. The molecule has 0 bridgehead atoms. The predicted molar refractivity (Wildman–Crippen MR) is 124 cm³/mol. The number of hydrogen-bond donors (Lipinski definition) is 0. The fourth-order valence-electron chi connectivity index (χ4n) is 3.71. The Morgan fingerprint density at radius 2 is 1.35 bits per heavy atom. The van der Waals surface area contributed by atoms with E-state index < -0.39 is 21.4 Å². The molecule has 1 heterocycles. The van der Waals surface area contributed by atoms with Crippen molar-refractivity contribution < 1.29 is 25.8 Å². The quantitative estimate of drug-likeness (QED) is 0.222. The summed E-state index contributed by atoms with van der Waals surface area (Å²) in [6.45, 7) is 0. The van der Waals surface area contributed by atoms with E-state index in [1.807, 2.05) is 30.3 Å². The van der Waals surface area contributed by atoms with E-state index in [-0.39, 0.29) is 11.3 Å². The lowest BCUT2D eigenvalue weighted by molar-refractivity contribution is -0.0499. The zero-order chi connectivity index (χ0) is 23.9. The smallest absolute Gasteiger partial charge is 0.375 e. The van der Waals surface area contributed by atoms with Crippen molar-refractivity contribution in [1.82, 2.24) is 9.97 Å². The van der Waals surface area contributed by atoms with Crippen LogP contribution < -0.4 is 4.18 Å². The summed E-state index contributed by atoms with van der Waals surface area (Å²) in [5.74, 6) is -0.134. The Morgan fingerprint density at radius 1 is 0.706 bits per heavy atom. The van der Waals surface area contributed by atoms with Gasteiger partial charge < -0.3 is 4.18 Å². The van der Waals surface area contributed by atoms with Crippen molar-refractivity contribution in [2.24, 2.45) is 0 Å². The van der Waals surface area contributed by atoms with Gasteiger partial charge in [0.05, 0.1) is 16.8 Å². The van der Waals surface area contributed by atoms with Crippen LogP contribution in [0.3, 0.4) is 0 Å². The lowest BCUT2D eigenvalue weighted by atomic mass is 9.98. The second-order valence-corrected chi connectivity index (χ2v) is 8.96. The first-order valence-electron chi connectivity index (χ1n) is 10.1. The molecule has 0 N–H and O–H groups in total. The monoisotopic (exact) mass is 480 g/mol. The first kappa shape index (κ1) is 21.8. The predicted octanol–water partition coefficient (Wildman–Crippen LogP) is 6.35. The standard InChI is InChI=1S/C25H15F3N2O3S/c26-25(27,28)34(31,32)33-21-15-14-16-8-4-5-11-18(16)22(21)23-19-12-6-7-13-20(19)29-24(30-23)17-9-2-1-3-10-17/h1-15H. The van der Waals surface area contributed by atoms with E-state index in [0.717, 1.165) is 0 Å². The highest BCUT2D eigenvalue weighted by Gasteiger charge is 2.49. The average Bonchev–Trinajstić information content (AvgIpc) is 2.83. The van der Waals surface area contributed by atoms with Crippen molar-refractivity contribution in [3.63, 3.8) is 0 Å². The normalized spacial score (nSPS) is 12.2. The summed E-state index contributed by atoms with van der Waals surface area (Å²) in [5.41, 5.74) is -3.96. The molecule has 0 spiro atoms. The molecular formula is C25H15F3N2O3S. The third-order valence-corrected chi connectivity index (χ3v) is 6.21. The van der Waals surface area contributed by atoms with Crippen LogP contribution in [0.2, 0.25) is 0 Å². The van der Waals surface area contributed by atoms with Gasteiger partial charge in [0.15, 0.2) is 11.6 Å². The van der Waals surface area contributed by atoms with Crippen LogP contribution in [-0.2, 0) is 10.1 Å². The molecule has 0 radical (unpaired) electrons. The molecule has 0 aliphatic carbocycles. The van der Waals surface area contributed by atoms with Crippen LogP contribution in [0.25, 0.3) is 44.3 Å². The summed E-state index contributed by atoms with van der Waals surface area (Å²) in [5, 5.41) is 1.70. The minimum Gasteiger partial charge on any atom is -0.375 e. The summed E-state index contributed by atoms with van der Waals surface area (Å²) in [7, 11) is -5.91. The fraction of sp³-hybridized carbons (Fsp3) is 0.0400. The Labute approximate surface area is 192 Å². The fourth-order valence-corrected chi connectivity index (χ4v) is 4.18. The topological polar surface area (TPSA) is 69.2 Å². The number of alkyl halides is 3. The van der Waals surface area contributed by atoms with Gasteiger partial charge in [0.2, 0.25) is 0 Å². The molecule has 0 fully saturated rings. The summed E-state index contributed by atoms with van der Waals surface area (Å²) in [4.78, 5) is 9.28. The molecule has 0 aliphatic heterocycles. The average molecular weight is 480 g/mol. The van der Waals surface area contributed by atoms with Gasteiger partial charge in [-0.25, -0.2) is 9.97 Å². The molecule has 0 unspecified atom stereocenters. The SMILES string of the molecule is O=S(=O)(Oc1ccc2ccccc2c1-c1nc(-c2ccccc2)nc2ccccc12)C(F)(F)F. The van der Waals surface area contributed by atoms with Crippen molar-refractivity contribution in [1.29, 1.82) is 0 Å². The van der Waals surface area contributed by atoms with E-state index >= 15 is 0 Å². The van der Waals surface area contributed by atoms with Crippen molar-refractivity contribution in [3.05, 3.63) is 91.0 Å². The third-order valence-electron chi connectivity index (χ3n) is 5.25. The molecule has 0 saturated heterocycles. The Hall–Kier alpha value is -3.98. The second-order valence-electron chi connectivity index (χ2n) is 7.42. The zero-order valence-corrected chi connectivity index (χ0v) is 18.1. The molecule has 1 aromatic heterocycles. The Balaban J connectivity index is 1.86. The van der Waals surface area contributed by atoms with Crippen LogP contribution in [-0.4, -0.2) is 23.9 Å². The van der Waals surface area contributed by atoms with E-state index in [9.17, 15) is 21.6 Å². The number of halogens is 3. The number of nitrogens with zero attached hydrogens (tertiary/aromatic N) is 2. The van der Waals surface area contributed by atoms with Crippen molar-refractivity contribution >= 4 is 31.8 Å². The largest absolute Gasteiger partial charge is 0.534 e. The van der Waals surface area contributed by atoms with Crippen molar-refractivity contribution in [2.45, 2.75) is 5.51 Å². The van der Waals surface area contributed by atoms with Crippen LogP contribution in [0.1, 0.15) is 0 Å². The van der Waals surface area contributed by atoms with Crippen LogP contribution in [0, 0.1) is 0 Å². The Kier molecular flexibility index (Phi) is 5.21. The van der Waals surface area contributed by atoms with Crippen LogP contribution in [0.15, 0.2) is 91.0 Å². The molecule has 0 aliphatic rings. The maximum atomic E-state index is 13.2. The number of para-hydroxylation sites is 1. The number of hydrogen-bond acceptors (Lipinski definition) is 5. The molecule has 4 aromatic carbocycles. The van der Waals surface area contributed by atoms with E-state index in [1.165, 1.54) is 12.1 Å². The molecule has 34 heavy (non-hydrogen) atoms. The highest BCUT2D eigenvalue weighted by atomic mass is 32.2. The minimum absolute atomic E-state index is 0.127. The van der Waals surface area contributed by atoms with Gasteiger partial charge in [-0.2, -0.15) is 21.6 Å². The van der Waals surface area contributed by atoms with Gasteiger partial charge in [0, 0.05) is 10.9 Å². The summed E-state index contributed by atoms with van der Waals surface area (Å²) >= 11 is 0. The molecule has 9 heteroatoms. The summed E-state index contributed by atoms with van der Waals surface area (Å²) < 4.78 is 68.0. The Morgan fingerprint density at radius 3 is 2.09 bits per heavy atom. The second kappa shape index (κ2) is 8.11. The maximum absolute atomic E-state index is 13.2. The highest BCUT2D eigenvalue weighted by molar-refractivity contribution is 7.88. The number of benzene rings is 4.